The first-order valence-electron chi connectivity index (χ1n) is 8.27. The van der Waals surface area contributed by atoms with Crippen LogP contribution < -0.4 is 10.6 Å². The van der Waals surface area contributed by atoms with E-state index in [2.05, 4.69) is 10.6 Å². The lowest BCUT2D eigenvalue weighted by molar-refractivity contribution is 0.0696. The number of hydrogen-bond acceptors (Lipinski definition) is 4. The van der Waals surface area contributed by atoms with E-state index in [0.717, 1.165) is 0 Å². The fraction of sp³-hybridized carbons (Fsp3) is 0.0500. The van der Waals surface area contributed by atoms with Gasteiger partial charge in [-0.05, 0) is 61.1 Å². The molecule has 0 aliphatic rings. The van der Waals surface area contributed by atoms with Crippen molar-refractivity contribution in [3.05, 3.63) is 75.5 Å². The third kappa shape index (κ3) is 4.59. The largest absolute Gasteiger partial charge is 0.478 e. The summed E-state index contributed by atoms with van der Waals surface area (Å²) in [5.41, 5.74) is 1.66. The Morgan fingerprint density at radius 2 is 1.79 bits per heavy atom. The molecule has 9 heteroatoms. The number of carbonyl (C=O) groups excluding carboxylic acids is 1. The minimum atomic E-state index is -1.05. The molecule has 0 saturated heterocycles. The highest BCUT2D eigenvalue weighted by Gasteiger charge is 2.17. The van der Waals surface area contributed by atoms with Crippen LogP contribution in [-0.4, -0.2) is 22.1 Å². The first-order chi connectivity index (χ1) is 13.8. The van der Waals surface area contributed by atoms with Gasteiger partial charge in [-0.15, -0.1) is 0 Å². The summed E-state index contributed by atoms with van der Waals surface area (Å²) in [6.45, 7) is 1.64. The predicted molar refractivity (Wildman–Crippen MR) is 116 cm³/mol. The monoisotopic (exact) mass is 448 g/mol. The number of carboxylic acids is 1. The molecule has 1 aromatic heterocycles. The van der Waals surface area contributed by atoms with Crippen LogP contribution in [0, 0.1) is 6.92 Å². The lowest BCUT2D eigenvalue weighted by Gasteiger charge is -2.12. The van der Waals surface area contributed by atoms with Gasteiger partial charge in [0.2, 0.25) is 0 Å². The molecule has 0 fully saturated rings. The number of aromatic carboxylic acids is 1. The average molecular weight is 449 g/mol. The summed E-state index contributed by atoms with van der Waals surface area (Å²) >= 11 is 17.3. The Morgan fingerprint density at radius 1 is 1.07 bits per heavy atom. The lowest BCUT2D eigenvalue weighted by atomic mass is 10.1. The number of halogens is 2. The van der Waals surface area contributed by atoms with Crippen LogP contribution >= 0.6 is 35.4 Å². The maximum absolute atomic E-state index is 12.4. The number of carbonyl (C=O) groups is 2. The molecule has 0 bridgehead atoms. The smallest absolute Gasteiger partial charge is 0.336 e. The molecule has 0 atom stereocenters. The maximum atomic E-state index is 12.4. The Labute approximate surface area is 181 Å². The molecule has 29 heavy (non-hydrogen) atoms. The summed E-state index contributed by atoms with van der Waals surface area (Å²) in [7, 11) is 0. The molecule has 0 aliphatic heterocycles. The van der Waals surface area contributed by atoms with Gasteiger partial charge in [-0.2, -0.15) is 0 Å². The van der Waals surface area contributed by atoms with E-state index >= 15 is 0 Å². The van der Waals surface area contributed by atoms with Crippen LogP contribution in [0.4, 0.5) is 5.69 Å². The highest BCUT2D eigenvalue weighted by Crippen LogP contribution is 2.34. The van der Waals surface area contributed by atoms with E-state index in [-0.39, 0.29) is 16.4 Å². The molecule has 148 valence electrons. The Kier molecular flexibility index (Phi) is 6.22. The Morgan fingerprint density at radius 3 is 2.52 bits per heavy atom. The minimum Gasteiger partial charge on any atom is -0.478 e. The summed E-state index contributed by atoms with van der Waals surface area (Å²) in [6.07, 6.45) is 0. The number of anilines is 1. The first kappa shape index (κ1) is 20.9. The lowest BCUT2D eigenvalue weighted by Crippen LogP contribution is -2.34. The SMILES string of the molecule is Cc1c(NC(=S)NC(=O)c2ccc(-c3cccc(Cl)c3Cl)o2)cccc1C(=O)O. The van der Waals surface area contributed by atoms with Crippen molar-refractivity contribution in [2.45, 2.75) is 6.92 Å². The highest BCUT2D eigenvalue weighted by atomic mass is 35.5. The van der Waals surface area contributed by atoms with Crippen molar-refractivity contribution >= 4 is 58.1 Å². The third-order valence-electron chi connectivity index (χ3n) is 4.09. The van der Waals surface area contributed by atoms with Gasteiger partial charge in [0.25, 0.3) is 5.91 Å². The van der Waals surface area contributed by atoms with E-state index in [1.807, 2.05) is 0 Å². The molecule has 1 heterocycles. The minimum absolute atomic E-state index is 0.000577. The van der Waals surface area contributed by atoms with Crippen molar-refractivity contribution in [3.8, 4) is 11.3 Å². The number of furan rings is 1. The number of thiocarbonyl (C=S) groups is 1. The first-order valence-corrected chi connectivity index (χ1v) is 9.44. The topological polar surface area (TPSA) is 91.6 Å². The van der Waals surface area contributed by atoms with Crippen LogP contribution in [0.3, 0.4) is 0 Å². The van der Waals surface area contributed by atoms with E-state index in [0.29, 0.717) is 32.6 Å². The normalized spacial score (nSPS) is 10.4. The van der Waals surface area contributed by atoms with Crippen molar-refractivity contribution < 1.29 is 19.1 Å². The van der Waals surface area contributed by atoms with Crippen molar-refractivity contribution in [1.29, 1.82) is 0 Å². The standard InChI is InChI=1S/C20H14Cl2N2O4S/c1-10-11(19(26)27)4-3-7-14(10)23-20(29)24-18(25)16-9-8-15(28-16)12-5-2-6-13(21)17(12)22/h2-9H,1H3,(H,26,27)(H2,23,24,25,29). The third-order valence-corrected chi connectivity index (χ3v) is 5.11. The van der Waals surface area contributed by atoms with Crippen LogP contribution in [0.25, 0.3) is 11.3 Å². The van der Waals surface area contributed by atoms with E-state index < -0.39 is 11.9 Å². The molecule has 0 aliphatic carbocycles. The molecule has 3 rings (SSSR count). The van der Waals surface area contributed by atoms with Crippen molar-refractivity contribution in [2.24, 2.45) is 0 Å². The zero-order chi connectivity index (χ0) is 21.1. The second kappa shape index (κ2) is 8.65. The number of rotatable bonds is 4. The van der Waals surface area contributed by atoms with Gasteiger partial charge < -0.3 is 14.8 Å². The molecule has 1 amide bonds. The molecule has 0 spiro atoms. The van der Waals surface area contributed by atoms with Gasteiger partial charge in [-0.25, -0.2) is 4.79 Å². The van der Waals surface area contributed by atoms with Crippen LogP contribution in [0.5, 0.6) is 0 Å². The van der Waals surface area contributed by atoms with Gasteiger partial charge in [-0.3, -0.25) is 10.1 Å². The number of benzene rings is 2. The number of carboxylic acid groups (broad SMARTS) is 1. The summed E-state index contributed by atoms with van der Waals surface area (Å²) in [5, 5.41) is 15.2. The second-order valence-corrected chi connectivity index (χ2v) is 7.15. The van der Waals surface area contributed by atoms with E-state index in [1.165, 1.54) is 12.1 Å². The number of amides is 1. The van der Waals surface area contributed by atoms with Gasteiger partial charge in [-0.1, -0.05) is 35.3 Å². The zero-order valence-electron chi connectivity index (χ0n) is 15.0. The fourth-order valence-electron chi connectivity index (χ4n) is 2.62. The second-order valence-electron chi connectivity index (χ2n) is 5.96. The summed E-state index contributed by atoms with van der Waals surface area (Å²) < 4.78 is 5.57. The molecule has 0 unspecified atom stereocenters. The van der Waals surface area contributed by atoms with Gasteiger partial charge >= 0.3 is 5.97 Å². The highest BCUT2D eigenvalue weighted by molar-refractivity contribution is 7.80. The molecule has 3 aromatic rings. The predicted octanol–water partition coefficient (Wildman–Crippen LogP) is 5.39. The maximum Gasteiger partial charge on any atom is 0.336 e. The summed E-state index contributed by atoms with van der Waals surface area (Å²) in [5.74, 6) is -1.22. The van der Waals surface area contributed by atoms with Gasteiger partial charge in [0.1, 0.15) is 5.76 Å². The van der Waals surface area contributed by atoms with Crippen molar-refractivity contribution in [3.63, 3.8) is 0 Å². The number of hydrogen-bond donors (Lipinski definition) is 3. The van der Waals surface area contributed by atoms with E-state index in [4.69, 9.17) is 39.8 Å². The average Bonchev–Trinajstić information content (AvgIpc) is 3.15. The Bertz CT molecular complexity index is 1130. The zero-order valence-corrected chi connectivity index (χ0v) is 17.3. The van der Waals surface area contributed by atoms with Crippen LogP contribution in [0.15, 0.2) is 52.9 Å². The van der Waals surface area contributed by atoms with Crippen LogP contribution in [-0.2, 0) is 0 Å². The quantitative estimate of drug-likeness (QED) is 0.463. The molecule has 3 N–H and O–H groups in total. The van der Waals surface area contributed by atoms with Gasteiger partial charge in [0.05, 0.1) is 15.6 Å². The summed E-state index contributed by atoms with van der Waals surface area (Å²) in [4.78, 5) is 23.6. The molecule has 0 saturated carbocycles. The van der Waals surface area contributed by atoms with Crippen LogP contribution in [0.1, 0.15) is 26.5 Å². The van der Waals surface area contributed by atoms with Crippen molar-refractivity contribution in [2.75, 3.05) is 5.32 Å². The molecular formula is C20H14Cl2N2O4S. The molecule has 6 nitrogen and oxygen atoms in total. The molecular weight excluding hydrogens is 435 g/mol. The number of nitrogens with one attached hydrogen (secondary N) is 2. The van der Waals surface area contributed by atoms with Gasteiger partial charge in [0.15, 0.2) is 10.9 Å². The molecule has 0 radical (unpaired) electrons. The Hall–Kier alpha value is -2.87. The van der Waals surface area contributed by atoms with E-state index in [9.17, 15) is 14.7 Å². The van der Waals surface area contributed by atoms with Gasteiger partial charge in [0, 0.05) is 11.3 Å². The molecule has 2 aromatic carbocycles. The van der Waals surface area contributed by atoms with Crippen molar-refractivity contribution in [1.82, 2.24) is 5.32 Å². The summed E-state index contributed by atoms with van der Waals surface area (Å²) in [6, 6.07) is 12.9. The Balaban J connectivity index is 1.72. The van der Waals surface area contributed by atoms with E-state index in [1.54, 1.807) is 43.3 Å². The van der Waals surface area contributed by atoms with Crippen LogP contribution in [0.2, 0.25) is 10.0 Å². The fourth-order valence-corrected chi connectivity index (χ4v) is 3.22.